The zero-order valence-corrected chi connectivity index (χ0v) is 16.3. The topological polar surface area (TPSA) is 42.7 Å². The predicted molar refractivity (Wildman–Crippen MR) is 105 cm³/mol. The van der Waals surface area contributed by atoms with E-state index in [0.717, 1.165) is 29.9 Å². The number of amides is 1. The van der Waals surface area contributed by atoms with Gasteiger partial charge in [-0.3, -0.25) is 4.79 Å². The molecule has 0 radical (unpaired) electrons. The summed E-state index contributed by atoms with van der Waals surface area (Å²) < 4.78 is 49.6. The van der Waals surface area contributed by atoms with Crippen LogP contribution in [0.5, 0.6) is 5.75 Å². The van der Waals surface area contributed by atoms with E-state index in [0.29, 0.717) is 13.1 Å². The number of ether oxygens (including phenoxy) is 1. The maximum absolute atomic E-state index is 12.9. The Hall–Kier alpha value is -3.22. The van der Waals surface area contributed by atoms with Crippen LogP contribution < -0.4 is 4.74 Å². The van der Waals surface area contributed by atoms with Crippen molar-refractivity contribution in [2.24, 2.45) is 0 Å². The zero-order valence-electron chi connectivity index (χ0n) is 16.3. The zero-order chi connectivity index (χ0) is 21.3. The largest absolute Gasteiger partial charge is 0.497 e. The lowest BCUT2D eigenvalue weighted by Gasteiger charge is -2.15. The Balaban J connectivity index is 1.47. The van der Waals surface area contributed by atoms with Gasteiger partial charge >= 0.3 is 6.18 Å². The molecule has 1 atom stereocenters. The van der Waals surface area contributed by atoms with Crippen LogP contribution >= 0.6 is 0 Å². The molecule has 1 unspecified atom stereocenters. The fourth-order valence-corrected chi connectivity index (χ4v) is 3.71. The number of halogens is 3. The molecule has 156 valence electrons. The molecule has 1 aliphatic heterocycles. The first kappa shape index (κ1) is 20.1. The number of hydrogen-bond donors (Lipinski definition) is 0. The summed E-state index contributed by atoms with van der Waals surface area (Å²) in [5.74, 6) is 1.09. The Bertz CT molecular complexity index is 1040. The molecular formula is C23H20F3NO3. The quantitative estimate of drug-likeness (QED) is 0.557. The van der Waals surface area contributed by atoms with E-state index in [9.17, 15) is 18.0 Å². The Kier molecular flexibility index (Phi) is 5.28. The predicted octanol–water partition coefficient (Wildman–Crippen LogP) is 5.60. The van der Waals surface area contributed by atoms with Crippen molar-refractivity contribution in [3.8, 4) is 17.1 Å². The molecule has 4 rings (SSSR count). The van der Waals surface area contributed by atoms with Gasteiger partial charge in [-0.2, -0.15) is 13.2 Å². The van der Waals surface area contributed by atoms with Crippen LogP contribution in [-0.2, 0) is 6.18 Å². The molecule has 7 heteroatoms. The Morgan fingerprint density at radius 2 is 1.87 bits per heavy atom. The SMILES string of the molecule is COc1ccc(C2CCN(C(=O)c3ccc(-c4cccc(C(F)(F)F)c4)o3)C2)cc1. The van der Waals surface area contributed by atoms with Gasteiger partial charge < -0.3 is 14.1 Å². The van der Waals surface area contributed by atoms with Gasteiger partial charge in [0, 0.05) is 24.6 Å². The molecule has 0 saturated carbocycles. The van der Waals surface area contributed by atoms with Gasteiger partial charge in [0.2, 0.25) is 0 Å². The molecule has 30 heavy (non-hydrogen) atoms. The number of likely N-dealkylation sites (tertiary alicyclic amines) is 1. The van der Waals surface area contributed by atoms with Gasteiger partial charge in [-0.1, -0.05) is 24.3 Å². The van der Waals surface area contributed by atoms with Gasteiger partial charge in [0.1, 0.15) is 11.5 Å². The van der Waals surface area contributed by atoms with E-state index in [4.69, 9.17) is 9.15 Å². The van der Waals surface area contributed by atoms with E-state index in [1.807, 2.05) is 24.3 Å². The summed E-state index contributed by atoms with van der Waals surface area (Å²) in [6, 6.07) is 15.7. The second kappa shape index (κ2) is 7.89. The molecule has 4 nitrogen and oxygen atoms in total. The second-order valence-corrected chi connectivity index (χ2v) is 7.25. The molecule has 0 aliphatic carbocycles. The number of carbonyl (C=O) groups is 1. The fourth-order valence-electron chi connectivity index (χ4n) is 3.71. The van der Waals surface area contributed by atoms with Crippen molar-refractivity contribution in [1.29, 1.82) is 0 Å². The van der Waals surface area contributed by atoms with Crippen LogP contribution in [0.2, 0.25) is 0 Å². The molecule has 1 saturated heterocycles. The lowest BCUT2D eigenvalue weighted by Crippen LogP contribution is -2.28. The molecule has 0 spiro atoms. The molecule has 1 amide bonds. The average Bonchev–Trinajstić information content (AvgIpc) is 3.43. The van der Waals surface area contributed by atoms with Crippen LogP contribution in [-0.4, -0.2) is 31.0 Å². The number of furan rings is 1. The molecule has 3 aromatic rings. The third-order valence-corrected chi connectivity index (χ3v) is 5.35. The summed E-state index contributed by atoms with van der Waals surface area (Å²) in [7, 11) is 1.61. The molecule has 1 fully saturated rings. The number of nitrogens with zero attached hydrogens (tertiary/aromatic N) is 1. The Morgan fingerprint density at radius 3 is 2.57 bits per heavy atom. The average molecular weight is 415 g/mol. The minimum atomic E-state index is -4.44. The number of carbonyl (C=O) groups excluding carboxylic acids is 1. The molecule has 1 aliphatic rings. The smallest absolute Gasteiger partial charge is 0.416 e. The van der Waals surface area contributed by atoms with Gasteiger partial charge in [0.25, 0.3) is 5.91 Å². The lowest BCUT2D eigenvalue weighted by molar-refractivity contribution is -0.137. The van der Waals surface area contributed by atoms with Crippen molar-refractivity contribution in [3.05, 3.63) is 77.6 Å². The number of methoxy groups -OCH3 is 1. The van der Waals surface area contributed by atoms with Crippen LogP contribution in [0.3, 0.4) is 0 Å². The van der Waals surface area contributed by atoms with Crippen molar-refractivity contribution in [2.45, 2.75) is 18.5 Å². The van der Waals surface area contributed by atoms with Gasteiger partial charge in [0.15, 0.2) is 5.76 Å². The van der Waals surface area contributed by atoms with Crippen LogP contribution in [0.4, 0.5) is 13.2 Å². The van der Waals surface area contributed by atoms with Crippen molar-refractivity contribution >= 4 is 5.91 Å². The third kappa shape index (κ3) is 4.06. The summed E-state index contributed by atoms with van der Waals surface area (Å²) in [5.41, 5.74) is 0.655. The van der Waals surface area contributed by atoms with Crippen molar-refractivity contribution in [2.75, 3.05) is 20.2 Å². The van der Waals surface area contributed by atoms with E-state index in [2.05, 4.69) is 0 Å². The first-order valence-electron chi connectivity index (χ1n) is 9.56. The first-order valence-corrected chi connectivity index (χ1v) is 9.56. The van der Waals surface area contributed by atoms with E-state index in [1.165, 1.54) is 24.3 Å². The lowest BCUT2D eigenvalue weighted by atomic mass is 9.98. The highest BCUT2D eigenvalue weighted by molar-refractivity contribution is 5.92. The van der Waals surface area contributed by atoms with E-state index in [1.54, 1.807) is 12.0 Å². The maximum Gasteiger partial charge on any atom is 0.416 e. The number of benzene rings is 2. The van der Waals surface area contributed by atoms with Gasteiger partial charge in [0.05, 0.1) is 12.7 Å². The van der Waals surface area contributed by atoms with Crippen LogP contribution in [0, 0.1) is 0 Å². The van der Waals surface area contributed by atoms with Crippen molar-refractivity contribution in [3.63, 3.8) is 0 Å². The standard InChI is InChI=1S/C23H20F3NO3/c1-29-19-7-5-15(6-8-19)17-11-12-27(14-17)22(28)21-10-9-20(30-21)16-3-2-4-18(13-16)23(24,25)26/h2-10,13,17H,11-12,14H2,1H3. The van der Waals surface area contributed by atoms with E-state index in [-0.39, 0.29) is 28.9 Å². The van der Waals surface area contributed by atoms with Crippen molar-refractivity contribution < 1.29 is 27.1 Å². The molecule has 1 aromatic heterocycles. The second-order valence-electron chi connectivity index (χ2n) is 7.25. The highest BCUT2D eigenvalue weighted by atomic mass is 19.4. The summed E-state index contributed by atoms with van der Waals surface area (Å²) in [5, 5.41) is 0. The Labute approximate surface area is 171 Å². The number of hydrogen-bond acceptors (Lipinski definition) is 3. The van der Waals surface area contributed by atoms with Gasteiger partial charge in [-0.25, -0.2) is 0 Å². The first-order chi connectivity index (χ1) is 14.3. The highest BCUT2D eigenvalue weighted by Gasteiger charge is 2.31. The Morgan fingerprint density at radius 1 is 1.10 bits per heavy atom. The molecule has 2 heterocycles. The van der Waals surface area contributed by atoms with Crippen LogP contribution in [0.1, 0.15) is 34.0 Å². The van der Waals surface area contributed by atoms with Crippen molar-refractivity contribution in [1.82, 2.24) is 4.90 Å². The summed E-state index contributed by atoms with van der Waals surface area (Å²) >= 11 is 0. The summed E-state index contributed by atoms with van der Waals surface area (Å²) in [6.45, 7) is 1.15. The number of rotatable bonds is 4. The number of alkyl halides is 3. The van der Waals surface area contributed by atoms with Gasteiger partial charge in [-0.15, -0.1) is 0 Å². The summed E-state index contributed by atoms with van der Waals surface area (Å²) in [4.78, 5) is 14.5. The molecular weight excluding hydrogens is 395 g/mol. The summed E-state index contributed by atoms with van der Waals surface area (Å²) in [6.07, 6.45) is -3.60. The minimum absolute atomic E-state index is 0.123. The normalized spacial score (nSPS) is 16.7. The highest BCUT2D eigenvalue weighted by Crippen LogP contribution is 2.33. The molecule has 0 bridgehead atoms. The third-order valence-electron chi connectivity index (χ3n) is 5.35. The van der Waals surface area contributed by atoms with Gasteiger partial charge in [-0.05, 0) is 48.4 Å². The van der Waals surface area contributed by atoms with Crippen LogP contribution in [0.25, 0.3) is 11.3 Å². The van der Waals surface area contributed by atoms with E-state index < -0.39 is 11.7 Å². The minimum Gasteiger partial charge on any atom is -0.497 e. The monoisotopic (exact) mass is 415 g/mol. The fraction of sp³-hybridized carbons (Fsp3) is 0.261. The van der Waals surface area contributed by atoms with E-state index >= 15 is 0 Å². The molecule has 0 N–H and O–H groups in total. The van der Waals surface area contributed by atoms with Crippen LogP contribution in [0.15, 0.2) is 65.1 Å². The molecule has 2 aromatic carbocycles. The maximum atomic E-state index is 12.9.